The Labute approximate surface area is 104 Å². The minimum absolute atomic E-state index is 0.354. The zero-order chi connectivity index (χ0) is 13.1. The molecule has 4 nitrogen and oxygen atoms in total. The molecule has 1 saturated carbocycles. The van der Waals surface area contributed by atoms with Gasteiger partial charge in [0.25, 0.3) is 0 Å². The van der Waals surface area contributed by atoms with Gasteiger partial charge in [-0.3, -0.25) is 4.79 Å². The third kappa shape index (κ3) is 3.68. The van der Waals surface area contributed by atoms with Crippen LogP contribution >= 0.6 is 0 Å². The van der Waals surface area contributed by atoms with Gasteiger partial charge in [0.1, 0.15) is 11.6 Å². The van der Waals surface area contributed by atoms with E-state index in [4.69, 9.17) is 15.2 Å². The van der Waals surface area contributed by atoms with Crippen molar-refractivity contribution in [2.24, 2.45) is 5.73 Å². The fourth-order valence-electron chi connectivity index (χ4n) is 2.39. The summed E-state index contributed by atoms with van der Waals surface area (Å²) in [4.78, 5) is 12.0. The molecule has 0 aromatic rings. The van der Waals surface area contributed by atoms with Crippen LogP contribution in [0.2, 0.25) is 0 Å². The van der Waals surface area contributed by atoms with Gasteiger partial charge in [-0.1, -0.05) is 12.8 Å². The van der Waals surface area contributed by atoms with Crippen LogP contribution in [0.3, 0.4) is 0 Å². The van der Waals surface area contributed by atoms with Gasteiger partial charge in [-0.15, -0.1) is 0 Å². The number of ether oxygens (including phenoxy) is 2. The van der Waals surface area contributed by atoms with Crippen molar-refractivity contribution in [1.29, 1.82) is 0 Å². The van der Waals surface area contributed by atoms with Gasteiger partial charge in [0.05, 0.1) is 5.60 Å². The SMILES string of the molecule is CCOC1(C(N)C(=O)OC(C)(C)C)CCCC1. The summed E-state index contributed by atoms with van der Waals surface area (Å²) in [7, 11) is 0. The maximum absolute atomic E-state index is 12.0. The summed E-state index contributed by atoms with van der Waals surface area (Å²) < 4.78 is 11.1. The van der Waals surface area contributed by atoms with E-state index in [1.165, 1.54) is 0 Å². The Morgan fingerprint density at radius 1 is 1.35 bits per heavy atom. The summed E-state index contributed by atoms with van der Waals surface area (Å²) in [5.41, 5.74) is 5.05. The molecular formula is C13H25NO3. The summed E-state index contributed by atoms with van der Waals surface area (Å²) in [5.74, 6) is -0.354. The molecular weight excluding hydrogens is 218 g/mol. The van der Waals surface area contributed by atoms with Crippen molar-refractivity contribution < 1.29 is 14.3 Å². The molecule has 0 spiro atoms. The van der Waals surface area contributed by atoms with Crippen LogP contribution < -0.4 is 5.73 Å². The molecule has 0 aromatic carbocycles. The summed E-state index contributed by atoms with van der Waals surface area (Å²) in [6, 6.07) is -0.677. The largest absolute Gasteiger partial charge is 0.459 e. The molecule has 1 aliphatic carbocycles. The zero-order valence-electron chi connectivity index (χ0n) is 11.4. The molecule has 0 bridgehead atoms. The lowest BCUT2D eigenvalue weighted by Crippen LogP contribution is -2.54. The molecule has 1 fully saturated rings. The predicted octanol–water partition coefficient (Wildman–Crippen LogP) is 2.00. The van der Waals surface area contributed by atoms with E-state index in [1.807, 2.05) is 27.7 Å². The van der Waals surface area contributed by atoms with Gasteiger partial charge in [0.15, 0.2) is 0 Å². The molecule has 1 atom stereocenters. The predicted molar refractivity (Wildman–Crippen MR) is 66.6 cm³/mol. The molecule has 1 rings (SSSR count). The van der Waals surface area contributed by atoms with Crippen molar-refractivity contribution in [3.63, 3.8) is 0 Å². The van der Waals surface area contributed by atoms with Gasteiger partial charge in [-0.05, 0) is 40.5 Å². The number of hydrogen-bond acceptors (Lipinski definition) is 4. The molecule has 0 radical (unpaired) electrons. The molecule has 0 aliphatic heterocycles. The van der Waals surface area contributed by atoms with E-state index in [1.54, 1.807) is 0 Å². The molecule has 4 heteroatoms. The van der Waals surface area contributed by atoms with Crippen LogP contribution in [0.25, 0.3) is 0 Å². The third-order valence-corrected chi connectivity index (χ3v) is 3.11. The fourth-order valence-corrected chi connectivity index (χ4v) is 2.39. The minimum Gasteiger partial charge on any atom is -0.459 e. The molecule has 0 aromatic heterocycles. The number of nitrogens with two attached hydrogens (primary N) is 1. The first kappa shape index (κ1) is 14.5. The average Bonchev–Trinajstić information content (AvgIpc) is 2.64. The van der Waals surface area contributed by atoms with Gasteiger partial charge in [-0.25, -0.2) is 0 Å². The van der Waals surface area contributed by atoms with E-state index in [2.05, 4.69) is 0 Å². The van der Waals surface area contributed by atoms with Gasteiger partial charge in [0.2, 0.25) is 0 Å². The van der Waals surface area contributed by atoms with Crippen molar-refractivity contribution in [2.45, 2.75) is 70.6 Å². The Kier molecular flexibility index (Phi) is 4.55. The topological polar surface area (TPSA) is 61.5 Å². The summed E-state index contributed by atoms with van der Waals surface area (Å²) in [6.07, 6.45) is 3.83. The lowest BCUT2D eigenvalue weighted by molar-refractivity contribution is -0.166. The minimum atomic E-state index is -0.677. The van der Waals surface area contributed by atoms with Gasteiger partial charge < -0.3 is 15.2 Å². The first-order chi connectivity index (χ1) is 7.81. The number of esters is 1. The monoisotopic (exact) mass is 243 g/mol. The van der Waals surface area contributed by atoms with Crippen LogP contribution in [0, 0.1) is 0 Å². The Balaban J connectivity index is 2.71. The molecule has 2 N–H and O–H groups in total. The van der Waals surface area contributed by atoms with Crippen LogP contribution in [0.5, 0.6) is 0 Å². The number of carbonyl (C=O) groups is 1. The summed E-state index contributed by atoms with van der Waals surface area (Å²) in [6.45, 7) is 8.05. The lowest BCUT2D eigenvalue weighted by atomic mass is 9.92. The second-order valence-corrected chi connectivity index (χ2v) is 5.72. The van der Waals surface area contributed by atoms with E-state index in [0.29, 0.717) is 6.61 Å². The van der Waals surface area contributed by atoms with Crippen LogP contribution in [-0.2, 0) is 14.3 Å². The third-order valence-electron chi connectivity index (χ3n) is 3.11. The quantitative estimate of drug-likeness (QED) is 0.767. The zero-order valence-corrected chi connectivity index (χ0v) is 11.4. The van der Waals surface area contributed by atoms with Crippen molar-refractivity contribution in [3.05, 3.63) is 0 Å². The number of carbonyl (C=O) groups excluding carboxylic acids is 1. The van der Waals surface area contributed by atoms with Crippen LogP contribution in [0.4, 0.5) is 0 Å². The fraction of sp³-hybridized carbons (Fsp3) is 0.923. The Morgan fingerprint density at radius 2 is 1.88 bits per heavy atom. The van der Waals surface area contributed by atoms with E-state index in [9.17, 15) is 4.79 Å². The first-order valence-corrected chi connectivity index (χ1v) is 6.43. The van der Waals surface area contributed by atoms with Crippen molar-refractivity contribution in [2.75, 3.05) is 6.61 Å². The van der Waals surface area contributed by atoms with Gasteiger partial charge in [0, 0.05) is 6.61 Å². The lowest BCUT2D eigenvalue weighted by Gasteiger charge is -2.35. The van der Waals surface area contributed by atoms with Crippen LogP contribution in [0.15, 0.2) is 0 Å². The molecule has 1 aliphatic rings. The molecule has 0 heterocycles. The van der Waals surface area contributed by atoms with Crippen LogP contribution in [-0.4, -0.2) is 29.8 Å². The molecule has 0 saturated heterocycles. The highest BCUT2D eigenvalue weighted by Gasteiger charge is 2.45. The highest BCUT2D eigenvalue weighted by atomic mass is 16.6. The van der Waals surface area contributed by atoms with E-state index in [-0.39, 0.29) is 5.97 Å². The average molecular weight is 243 g/mol. The van der Waals surface area contributed by atoms with Gasteiger partial charge in [-0.2, -0.15) is 0 Å². The molecule has 1 unspecified atom stereocenters. The summed E-state index contributed by atoms with van der Waals surface area (Å²) in [5, 5.41) is 0. The molecule has 17 heavy (non-hydrogen) atoms. The maximum atomic E-state index is 12.0. The second-order valence-electron chi connectivity index (χ2n) is 5.72. The smallest absolute Gasteiger partial charge is 0.326 e. The first-order valence-electron chi connectivity index (χ1n) is 6.43. The Morgan fingerprint density at radius 3 is 2.29 bits per heavy atom. The maximum Gasteiger partial charge on any atom is 0.326 e. The number of hydrogen-bond donors (Lipinski definition) is 1. The van der Waals surface area contributed by atoms with E-state index < -0.39 is 17.2 Å². The highest BCUT2D eigenvalue weighted by Crippen LogP contribution is 2.36. The second kappa shape index (κ2) is 5.36. The normalized spacial score (nSPS) is 21.2. The van der Waals surface area contributed by atoms with E-state index in [0.717, 1.165) is 25.7 Å². The summed E-state index contributed by atoms with van der Waals surface area (Å²) >= 11 is 0. The van der Waals surface area contributed by atoms with Crippen molar-refractivity contribution in [1.82, 2.24) is 0 Å². The standard InChI is InChI=1S/C13H25NO3/c1-5-16-13(8-6-7-9-13)10(14)11(15)17-12(2,3)4/h10H,5-9,14H2,1-4H3. The van der Waals surface area contributed by atoms with Crippen molar-refractivity contribution >= 4 is 5.97 Å². The Hall–Kier alpha value is -0.610. The van der Waals surface area contributed by atoms with Gasteiger partial charge >= 0.3 is 5.97 Å². The highest BCUT2D eigenvalue weighted by molar-refractivity contribution is 5.77. The molecule has 100 valence electrons. The Bertz CT molecular complexity index is 264. The molecule has 0 amide bonds. The van der Waals surface area contributed by atoms with Crippen molar-refractivity contribution in [3.8, 4) is 0 Å². The number of rotatable bonds is 4. The van der Waals surface area contributed by atoms with Crippen LogP contribution in [0.1, 0.15) is 53.4 Å². The van der Waals surface area contributed by atoms with E-state index >= 15 is 0 Å².